The third-order valence-corrected chi connectivity index (χ3v) is 4.78. The van der Waals surface area contributed by atoms with E-state index < -0.39 is 0 Å². The molecule has 3 aromatic rings. The predicted octanol–water partition coefficient (Wildman–Crippen LogP) is 1.17. The Morgan fingerprint density at radius 1 is 1.35 bits per heavy atom. The van der Waals surface area contributed by atoms with Gasteiger partial charge in [-0.05, 0) is 11.4 Å². The number of thiophene rings is 1. The molecule has 1 aliphatic heterocycles. The highest BCUT2D eigenvalue weighted by Gasteiger charge is 2.22. The Balaban J connectivity index is 1.44. The molecule has 1 aliphatic rings. The predicted molar refractivity (Wildman–Crippen MR) is 84.8 cm³/mol. The van der Waals surface area contributed by atoms with Gasteiger partial charge in [-0.1, -0.05) is 6.07 Å². The summed E-state index contributed by atoms with van der Waals surface area (Å²) in [4.78, 5) is 24.0. The van der Waals surface area contributed by atoms with Crippen molar-refractivity contribution in [3.63, 3.8) is 0 Å². The second kappa shape index (κ2) is 5.96. The van der Waals surface area contributed by atoms with Crippen molar-refractivity contribution in [3.8, 4) is 0 Å². The Kier molecular flexibility index (Phi) is 3.66. The lowest BCUT2D eigenvalue weighted by molar-refractivity contribution is -0.131. The number of carbonyl (C=O) groups is 1. The molecular formula is C15H16N6OS. The van der Waals surface area contributed by atoms with Gasteiger partial charge in [-0.25, -0.2) is 14.6 Å². The van der Waals surface area contributed by atoms with E-state index in [0.717, 1.165) is 29.5 Å². The van der Waals surface area contributed by atoms with Gasteiger partial charge in [0.2, 0.25) is 5.91 Å². The van der Waals surface area contributed by atoms with Gasteiger partial charge in [-0.15, -0.1) is 11.3 Å². The molecule has 0 saturated carbocycles. The monoisotopic (exact) mass is 328 g/mol. The van der Waals surface area contributed by atoms with E-state index >= 15 is 0 Å². The van der Waals surface area contributed by atoms with Crippen LogP contribution >= 0.6 is 11.3 Å². The lowest BCUT2D eigenvalue weighted by Gasteiger charge is -2.27. The molecule has 118 valence electrons. The van der Waals surface area contributed by atoms with Crippen molar-refractivity contribution in [2.24, 2.45) is 0 Å². The van der Waals surface area contributed by atoms with Crippen molar-refractivity contribution in [3.05, 3.63) is 52.8 Å². The first-order valence-corrected chi connectivity index (χ1v) is 8.33. The number of imidazole rings is 1. The van der Waals surface area contributed by atoms with Gasteiger partial charge < -0.3 is 9.47 Å². The zero-order chi connectivity index (χ0) is 15.6. The fourth-order valence-electron chi connectivity index (χ4n) is 2.75. The Labute approximate surface area is 137 Å². The number of rotatable bonds is 4. The summed E-state index contributed by atoms with van der Waals surface area (Å²) in [5.74, 6) is 1.10. The summed E-state index contributed by atoms with van der Waals surface area (Å²) in [6.45, 7) is 2.69. The van der Waals surface area contributed by atoms with Crippen LogP contribution in [0.25, 0.3) is 0 Å². The molecule has 0 unspecified atom stereocenters. The SMILES string of the molecule is O=C(Cc1cccs1)N1CCn2cc(Cn3cncn3)nc2C1. The number of aromatic nitrogens is 5. The van der Waals surface area contributed by atoms with E-state index in [1.54, 1.807) is 22.3 Å². The van der Waals surface area contributed by atoms with E-state index in [-0.39, 0.29) is 5.91 Å². The summed E-state index contributed by atoms with van der Waals surface area (Å²) in [6.07, 6.45) is 5.71. The van der Waals surface area contributed by atoms with Gasteiger partial charge in [0.15, 0.2) is 0 Å². The topological polar surface area (TPSA) is 68.8 Å². The van der Waals surface area contributed by atoms with Gasteiger partial charge >= 0.3 is 0 Å². The van der Waals surface area contributed by atoms with Gasteiger partial charge in [0.1, 0.15) is 18.5 Å². The Hall–Kier alpha value is -2.48. The van der Waals surface area contributed by atoms with Gasteiger partial charge in [-0.2, -0.15) is 5.10 Å². The first-order valence-electron chi connectivity index (χ1n) is 7.45. The maximum Gasteiger partial charge on any atom is 0.228 e. The highest BCUT2D eigenvalue weighted by molar-refractivity contribution is 7.10. The van der Waals surface area contributed by atoms with Crippen LogP contribution in [0.15, 0.2) is 36.4 Å². The molecule has 0 aromatic carbocycles. The number of nitrogens with zero attached hydrogens (tertiary/aromatic N) is 6. The minimum atomic E-state index is 0.166. The highest BCUT2D eigenvalue weighted by atomic mass is 32.1. The Morgan fingerprint density at radius 2 is 2.30 bits per heavy atom. The molecule has 0 N–H and O–H groups in total. The Bertz CT molecular complexity index is 792. The highest BCUT2D eigenvalue weighted by Crippen LogP contribution is 2.16. The average molecular weight is 328 g/mol. The van der Waals surface area contributed by atoms with Crippen molar-refractivity contribution in [2.75, 3.05) is 6.54 Å². The standard InChI is InChI=1S/C15H16N6OS/c22-15(6-13-2-1-5-23-13)20-4-3-19-7-12(18-14(19)9-20)8-21-11-16-10-17-21/h1-2,5,7,10-11H,3-4,6,8-9H2. The van der Waals surface area contributed by atoms with Crippen LogP contribution in [0.3, 0.4) is 0 Å². The third kappa shape index (κ3) is 3.02. The molecule has 1 amide bonds. The number of amides is 1. The van der Waals surface area contributed by atoms with Crippen LogP contribution in [0.2, 0.25) is 0 Å². The second-order valence-corrected chi connectivity index (χ2v) is 6.54. The normalized spacial score (nSPS) is 14.0. The van der Waals surface area contributed by atoms with Gasteiger partial charge in [0.05, 0.1) is 25.2 Å². The van der Waals surface area contributed by atoms with E-state index in [9.17, 15) is 4.79 Å². The molecule has 0 bridgehead atoms. The summed E-state index contributed by atoms with van der Waals surface area (Å²) in [5.41, 5.74) is 0.943. The fourth-order valence-corrected chi connectivity index (χ4v) is 3.45. The lowest BCUT2D eigenvalue weighted by atomic mass is 10.2. The molecule has 8 heteroatoms. The number of hydrogen-bond acceptors (Lipinski definition) is 5. The van der Waals surface area contributed by atoms with Crippen LogP contribution in [0.1, 0.15) is 16.4 Å². The third-order valence-electron chi connectivity index (χ3n) is 3.90. The molecule has 4 rings (SSSR count). The molecule has 0 aliphatic carbocycles. The molecule has 0 atom stereocenters. The molecule has 0 radical (unpaired) electrons. The van der Waals surface area contributed by atoms with E-state index in [2.05, 4.69) is 19.6 Å². The summed E-state index contributed by atoms with van der Waals surface area (Å²) in [7, 11) is 0. The van der Waals surface area contributed by atoms with Crippen LogP contribution in [0.4, 0.5) is 0 Å². The van der Waals surface area contributed by atoms with E-state index in [1.165, 1.54) is 6.33 Å². The first-order chi connectivity index (χ1) is 11.3. The minimum absolute atomic E-state index is 0.166. The van der Waals surface area contributed by atoms with Gasteiger partial charge in [0.25, 0.3) is 0 Å². The molecule has 0 fully saturated rings. The molecule has 0 spiro atoms. The zero-order valence-corrected chi connectivity index (χ0v) is 13.3. The van der Waals surface area contributed by atoms with Crippen LogP contribution in [-0.2, 0) is 30.8 Å². The van der Waals surface area contributed by atoms with Crippen molar-refractivity contribution in [1.29, 1.82) is 0 Å². The number of fused-ring (bicyclic) bond motifs is 1. The summed E-state index contributed by atoms with van der Waals surface area (Å²) >= 11 is 1.62. The fraction of sp³-hybridized carbons (Fsp3) is 0.333. The van der Waals surface area contributed by atoms with Gasteiger partial charge in [-0.3, -0.25) is 4.79 Å². The van der Waals surface area contributed by atoms with E-state index in [1.807, 2.05) is 28.6 Å². The first kappa shape index (κ1) is 14.1. The van der Waals surface area contributed by atoms with Crippen molar-refractivity contribution >= 4 is 17.2 Å². The van der Waals surface area contributed by atoms with Crippen molar-refractivity contribution in [1.82, 2.24) is 29.2 Å². The van der Waals surface area contributed by atoms with Crippen LogP contribution < -0.4 is 0 Å². The van der Waals surface area contributed by atoms with E-state index in [0.29, 0.717) is 19.5 Å². The van der Waals surface area contributed by atoms with Crippen LogP contribution in [0.5, 0.6) is 0 Å². The summed E-state index contributed by atoms with van der Waals surface area (Å²) in [5, 5.41) is 6.10. The maximum atomic E-state index is 12.4. The number of carbonyl (C=O) groups excluding carboxylic acids is 1. The van der Waals surface area contributed by atoms with Gasteiger partial charge in [0, 0.05) is 24.2 Å². The molecule has 4 heterocycles. The van der Waals surface area contributed by atoms with Crippen molar-refractivity contribution in [2.45, 2.75) is 26.1 Å². The zero-order valence-electron chi connectivity index (χ0n) is 12.5. The smallest absolute Gasteiger partial charge is 0.228 e. The number of hydrogen-bond donors (Lipinski definition) is 0. The molecule has 0 saturated heterocycles. The Morgan fingerprint density at radius 3 is 3.09 bits per heavy atom. The van der Waals surface area contributed by atoms with Crippen LogP contribution in [0, 0.1) is 0 Å². The summed E-state index contributed by atoms with van der Waals surface area (Å²) in [6, 6.07) is 3.98. The van der Waals surface area contributed by atoms with Crippen LogP contribution in [-0.4, -0.2) is 41.7 Å². The molecule has 3 aromatic heterocycles. The lowest BCUT2D eigenvalue weighted by Crippen LogP contribution is -2.39. The summed E-state index contributed by atoms with van der Waals surface area (Å²) < 4.78 is 3.87. The maximum absolute atomic E-state index is 12.4. The van der Waals surface area contributed by atoms with Crippen molar-refractivity contribution < 1.29 is 4.79 Å². The molecule has 7 nitrogen and oxygen atoms in total. The minimum Gasteiger partial charge on any atom is -0.333 e. The molecule has 23 heavy (non-hydrogen) atoms. The second-order valence-electron chi connectivity index (χ2n) is 5.51. The molecular weight excluding hydrogens is 312 g/mol. The quantitative estimate of drug-likeness (QED) is 0.721. The average Bonchev–Trinajstić information content (AvgIpc) is 3.27. The van der Waals surface area contributed by atoms with E-state index in [4.69, 9.17) is 0 Å². The largest absolute Gasteiger partial charge is 0.333 e.